The first-order valence-corrected chi connectivity index (χ1v) is 7.84. The van der Waals surface area contributed by atoms with Crippen LogP contribution in [0.4, 0.5) is 0 Å². The second-order valence-corrected chi connectivity index (χ2v) is 6.65. The fourth-order valence-electron chi connectivity index (χ4n) is 2.55. The summed E-state index contributed by atoms with van der Waals surface area (Å²) in [5.41, 5.74) is 0. The Balaban J connectivity index is 1.99. The van der Waals surface area contributed by atoms with Gasteiger partial charge in [-0.15, -0.1) is 0 Å². The molecule has 0 aromatic carbocycles. The molecule has 1 aromatic rings. The second-order valence-electron chi connectivity index (χ2n) is 4.89. The Kier molecular flexibility index (Phi) is 4.26. The average molecular weight is 286 g/mol. The van der Waals surface area contributed by atoms with E-state index in [1.54, 1.807) is 0 Å². The normalized spacial score (nSPS) is 24.2. The predicted molar refractivity (Wildman–Crippen MR) is 69.1 cm³/mol. The maximum Gasteiger partial charge on any atom is 0.306 e. The van der Waals surface area contributed by atoms with Crippen LogP contribution in [0.3, 0.4) is 0 Å². The van der Waals surface area contributed by atoms with Crippen LogP contribution in [0.15, 0.2) is 23.4 Å². The molecule has 2 rings (SSSR count). The van der Waals surface area contributed by atoms with Gasteiger partial charge in [0.05, 0.1) is 10.8 Å². The standard InChI is InChI=1S/C12H18N2O4S/c15-12(16)11-4-2-1-3-9(11)7-14-19(17,18)10-5-6-13-8-10/h5-6,8-9,11,13-14H,1-4,7H2,(H,15,16). The smallest absolute Gasteiger partial charge is 0.306 e. The molecule has 19 heavy (non-hydrogen) atoms. The zero-order valence-electron chi connectivity index (χ0n) is 10.5. The lowest BCUT2D eigenvalue weighted by molar-refractivity contribution is -0.144. The fraction of sp³-hybridized carbons (Fsp3) is 0.583. The Morgan fingerprint density at radius 3 is 2.79 bits per heavy atom. The molecule has 0 bridgehead atoms. The van der Waals surface area contributed by atoms with Crippen molar-refractivity contribution in [2.24, 2.45) is 11.8 Å². The van der Waals surface area contributed by atoms with Gasteiger partial charge in [-0.1, -0.05) is 12.8 Å². The molecule has 1 heterocycles. The number of rotatable bonds is 5. The average Bonchev–Trinajstić information content (AvgIpc) is 2.91. The summed E-state index contributed by atoms with van der Waals surface area (Å²) in [6.07, 6.45) is 6.18. The lowest BCUT2D eigenvalue weighted by atomic mass is 9.79. The van der Waals surface area contributed by atoms with Crippen molar-refractivity contribution in [3.63, 3.8) is 0 Å². The van der Waals surface area contributed by atoms with Gasteiger partial charge in [-0.3, -0.25) is 4.79 Å². The molecule has 2 unspecified atom stereocenters. The Bertz CT molecular complexity index is 524. The summed E-state index contributed by atoms with van der Waals surface area (Å²) in [5.74, 6) is -1.40. The van der Waals surface area contributed by atoms with E-state index in [1.165, 1.54) is 18.5 Å². The lowest BCUT2D eigenvalue weighted by Gasteiger charge is -2.28. The van der Waals surface area contributed by atoms with Gasteiger partial charge < -0.3 is 10.1 Å². The number of sulfonamides is 1. The van der Waals surface area contributed by atoms with Crippen molar-refractivity contribution in [3.8, 4) is 0 Å². The molecule has 1 aliphatic carbocycles. The summed E-state index contributed by atoms with van der Waals surface area (Å²) in [4.78, 5) is 14.0. The highest BCUT2D eigenvalue weighted by Gasteiger charge is 2.31. The highest BCUT2D eigenvalue weighted by molar-refractivity contribution is 7.89. The van der Waals surface area contributed by atoms with Gasteiger partial charge >= 0.3 is 5.97 Å². The number of hydrogen-bond donors (Lipinski definition) is 3. The Morgan fingerprint density at radius 1 is 1.42 bits per heavy atom. The first kappa shape index (κ1) is 14.1. The molecule has 106 valence electrons. The first-order valence-electron chi connectivity index (χ1n) is 6.36. The Morgan fingerprint density at radius 2 is 2.16 bits per heavy atom. The number of carboxylic acid groups (broad SMARTS) is 1. The van der Waals surface area contributed by atoms with Gasteiger partial charge in [0.1, 0.15) is 0 Å². The van der Waals surface area contributed by atoms with E-state index in [2.05, 4.69) is 9.71 Å². The lowest BCUT2D eigenvalue weighted by Crippen LogP contribution is -2.37. The van der Waals surface area contributed by atoms with Crippen LogP contribution in [0.1, 0.15) is 25.7 Å². The van der Waals surface area contributed by atoms with Crippen molar-refractivity contribution in [2.75, 3.05) is 6.54 Å². The highest BCUT2D eigenvalue weighted by Crippen LogP contribution is 2.30. The minimum atomic E-state index is -3.54. The SMILES string of the molecule is O=C(O)C1CCCCC1CNS(=O)(=O)c1cc[nH]c1. The van der Waals surface area contributed by atoms with E-state index in [0.29, 0.717) is 6.42 Å². The second kappa shape index (κ2) is 5.75. The minimum Gasteiger partial charge on any atom is -0.481 e. The Hall–Kier alpha value is -1.34. The van der Waals surface area contributed by atoms with Crippen molar-refractivity contribution in [1.29, 1.82) is 0 Å². The van der Waals surface area contributed by atoms with Crippen molar-refractivity contribution in [1.82, 2.24) is 9.71 Å². The topological polar surface area (TPSA) is 99.3 Å². The minimum absolute atomic E-state index is 0.125. The molecule has 7 heteroatoms. The van der Waals surface area contributed by atoms with Gasteiger partial charge in [0.15, 0.2) is 0 Å². The molecule has 2 atom stereocenters. The quantitative estimate of drug-likeness (QED) is 0.757. The molecule has 1 saturated carbocycles. The molecule has 0 amide bonds. The molecule has 1 aliphatic rings. The Labute approximate surface area is 112 Å². The predicted octanol–water partition coefficient (Wildman–Crippen LogP) is 1.18. The van der Waals surface area contributed by atoms with Gasteiger partial charge in [-0.05, 0) is 24.8 Å². The third-order valence-electron chi connectivity index (χ3n) is 3.64. The summed E-state index contributed by atoms with van der Waals surface area (Å²) < 4.78 is 26.4. The van der Waals surface area contributed by atoms with Crippen LogP contribution in [0.2, 0.25) is 0 Å². The number of aliphatic carboxylic acids is 1. The summed E-state index contributed by atoms with van der Waals surface area (Å²) >= 11 is 0. The number of aromatic nitrogens is 1. The molecule has 0 spiro atoms. The van der Waals surface area contributed by atoms with Crippen LogP contribution in [0.25, 0.3) is 0 Å². The molecule has 0 radical (unpaired) electrons. The number of aromatic amines is 1. The van der Waals surface area contributed by atoms with Gasteiger partial charge in [-0.25, -0.2) is 13.1 Å². The van der Waals surface area contributed by atoms with Crippen LogP contribution in [0.5, 0.6) is 0 Å². The molecule has 0 aliphatic heterocycles. The maximum absolute atomic E-state index is 11.9. The third kappa shape index (κ3) is 3.36. The summed E-state index contributed by atoms with van der Waals surface area (Å²) in [7, 11) is -3.54. The van der Waals surface area contributed by atoms with E-state index in [1.807, 2.05) is 0 Å². The third-order valence-corrected chi connectivity index (χ3v) is 5.06. The maximum atomic E-state index is 11.9. The number of carboxylic acids is 1. The van der Waals surface area contributed by atoms with Crippen molar-refractivity contribution < 1.29 is 18.3 Å². The van der Waals surface area contributed by atoms with Gasteiger partial charge in [0, 0.05) is 18.9 Å². The van der Waals surface area contributed by atoms with Crippen molar-refractivity contribution >= 4 is 16.0 Å². The summed E-state index contributed by atoms with van der Waals surface area (Å²) in [5, 5.41) is 9.14. The summed E-state index contributed by atoms with van der Waals surface area (Å²) in [6.45, 7) is 0.185. The molecule has 1 aromatic heterocycles. The number of carbonyl (C=O) groups is 1. The number of nitrogens with one attached hydrogen (secondary N) is 2. The van der Waals surface area contributed by atoms with Crippen LogP contribution in [-0.4, -0.2) is 31.0 Å². The first-order chi connectivity index (χ1) is 9.00. The van der Waals surface area contributed by atoms with E-state index in [9.17, 15) is 13.2 Å². The largest absolute Gasteiger partial charge is 0.481 e. The zero-order chi connectivity index (χ0) is 13.9. The van der Waals surface area contributed by atoms with Crippen LogP contribution < -0.4 is 4.72 Å². The van der Waals surface area contributed by atoms with Gasteiger partial charge in [0.25, 0.3) is 0 Å². The summed E-state index contributed by atoms with van der Waals surface area (Å²) in [6, 6.07) is 1.47. The monoisotopic (exact) mass is 286 g/mol. The molecule has 0 saturated heterocycles. The molecular formula is C12H18N2O4S. The molecule has 3 N–H and O–H groups in total. The molecule has 1 fully saturated rings. The van der Waals surface area contributed by atoms with Gasteiger partial charge in [0.2, 0.25) is 10.0 Å². The number of H-pyrrole nitrogens is 1. The van der Waals surface area contributed by atoms with Crippen molar-refractivity contribution in [2.45, 2.75) is 30.6 Å². The number of hydrogen-bond acceptors (Lipinski definition) is 3. The molecular weight excluding hydrogens is 268 g/mol. The van der Waals surface area contributed by atoms with E-state index in [-0.39, 0.29) is 17.4 Å². The zero-order valence-corrected chi connectivity index (χ0v) is 11.3. The van der Waals surface area contributed by atoms with Crippen LogP contribution in [-0.2, 0) is 14.8 Å². The highest BCUT2D eigenvalue weighted by atomic mass is 32.2. The van der Waals surface area contributed by atoms with Crippen LogP contribution >= 0.6 is 0 Å². The van der Waals surface area contributed by atoms with Crippen LogP contribution in [0, 0.1) is 11.8 Å². The van der Waals surface area contributed by atoms with E-state index in [0.717, 1.165) is 19.3 Å². The molecule has 6 nitrogen and oxygen atoms in total. The van der Waals surface area contributed by atoms with Gasteiger partial charge in [-0.2, -0.15) is 0 Å². The van der Waals surface area contributed by atoms with Crippen molar-refractivity contribution in [3.05, 3.63) is 18.5 Å². The fourth-order valence-corrected chi connectivity index (χ4v) is 3.62. The van der Waals surface area contributed by atoms with E-state index in [4.69, 9.17) is 5.11 Å². The van der Waals surface area contributed by atoms with E-state index < -0.39 is 21.9 Å². The van der Waals surface area contributed by atoms with E-state index >= 15 is 0 Å².